The zero-order valence-corrected chi connectivity index (χ0v) is 14.1. The van der Waals surface area contributed by atoms with Crippen molar-refractivity contribution in [2.75, 3.05) is 26.2 Å². The second-order valence-electron chi connectivity index (χ2n) is 7.35. The van der Waals surface area contributed by atoms with E-state index in [9.17, 15) is 9.59 Å². The molecule has 2 amide bonds. The van der Waals surface area contributed by atoms with Crippen LogP contribution in [0.1, 0.15) is 45.4 Å². The Balaban J connectivity index is 1.57. The summed E-state index contributed by atoms with van der Waals surface area (Å²) in [7, 11) is 0. The van der Waals surface area contributed by atoms with Crippen molar-refractivity contribution in [2.45, 2.75) is 63.1 Å². The van der Waals surface area contributed by atoms with Crippen molar-refractivity contribution >= 4 is 11.8 Å². The van der Waals surface area contributed by atoms with E-state index in [-0.39, 0.29) is 17.9 Å². The number of hydrogen-bond donors (Lipinski definition) is 2. The van der Waals surface area contributed by atoms with Crippen LogP contribution in [0.3, 0.4) is 0 Å². The molecule has 3 rings (SSSR count). The van der Waals surface area contributed by atoms with Gasteiger partial charge in [0.25, 0.3) is 0 Å². The van der Waals surface area contributed by atoms with Crippen LogP contribution in [-0.4, -0.2) is 65.4 Å². The Morgan fingerprint density at radius 3 is 2.91 bits per heavy atom. The summed E-state index contributed by atoms with van der Waals surface area (Å²) in [4.78, 5) is 28.1. The molecule has 3 saturated heterocycles. The first kappa shape index (κ1) is 16.7. The molecule has 2 bridgehead atoms. The van der Waals surface area contributed by atoms with Crippen LogP contribution >= 0.6 is 0 Å². The number of nitrogens with zero attached hydrogens (tertiary/aromatic N) is 2. The predicted octanol–water partition coefficient (Wildman–Crippen LogP) is 0.273. The highest BCUT2D eigenvalue weighted by Gasteiger charge is 2.52. The molecule has 0 aromatic heterocycles. The van der Waals surface area contributed by atoms with Gasteiger partial charge in [-0.15, -0.1) is 0 Å². The fourth-order valence-electron chi connectivity index (χ4n) is 4.71. The Morgan fingerprint density at radius 2 is 2.17 bits per heavy atom. The number of carbonyl (C=O) groups is 2. The fraction of sp³-hybridized carbons (Fsp3) is 0.824. The molecule has 3 aliphatic rings. The largest absolute Gasteiger partial charge is 0.368 e. The van der Waals surface area contributed by atoms with Gasteiger partial charge in [0.05, 0.1) is 0 Å². The highest BCUT2D eigenvalue weighted by molar-refractivity contribution is 5.85. The van der Waals surface area contributed by atoms with Crippen molar-refractivity contribution in [3.05, 3.63) is 6.42 Å². The standard InChI is InChI=1S/C17H29N4O2/c1-13(22)19-14-4-3-9-20(12-14)10-11-21-15-5-2-7-17(21,8-6-15)16(18)23/h2,14-15H,3-12H2,1H3,(H2,18,23)(H,19,22)/t14?,15-,17+/m1/s1. The number of piperidine rings is 2. The first-order valence-corrected chi connectivity index (χ1v) is 8.89. The average molecular weight is 321 g/mol. The maximum Gasteiger partial charge on any atom is 0.237 e. The summed E-state index contributed by atoms with van der Waals surface area (Å²) in [5, 5.41) is 3.03. The molecule has 6 heteroatoms. The number of likely N-dealkylation sites (tertiary alicyclic amines) is 1. The molecule has 3 fully saturated rings. The van der Waals surface area contributed by atoms with Gasteiger partial charge in [0.1, 0.15) is 5.54 Å². The number of carbonyl (C=O) groups excluding carboxylic acids is 2. The van der Waals surface area contributed by atoms with Gasteiger partial charge in [-0.3, -0.25) is 14.5 Å². The molecule has 3 aliphatic heterocycles. The van der Waals surface area contributed by atoms with E-state index in [1.54, 1.807) is 6.92 Å². The number of rotatable bonds is 5. The van der Waals surface area contributed by atoms with Crippen molar-refractivity contribution < 1.29 is 9.59 Å². The normalized spacial score (nSPS) is 35.2. The number of hydrogen-bond acceptors (Lipinski definition) is 4. The van der Waals surface area contributed by atoms with Gasteiger partial charge in [0, 0.05) is 38.6 Å². The minimum Gasteiger partial charge on any atom is -0.368 e. The van der Waals surface area contributed by atoms with E-state index in [0.29, 0.717) is 6.04 Å². The molecule has 129 valence electrons. The molecule has 3 heterocycles. The second kappa shape index (κ2) is 6.77. The van der Waals surface area contributed by atoms with Gasteiger partial charge >= 0.3 is 0 Å². The zero-order valence-electron chi connectivity index (χ0n) is 14.1. The molecule has 1 unspecified atom stereocenters. The van der Waals surface area contributed by atoms with E-state index in [0.717, 1.165) is 64.7 Å². The minimum atomic E-state index is -0.435. The minimum absolute atomic E-state index is 0.0501. The van der Waals surface area contributed by atoms with Gasteiger partial charge in [-0.1, -0.05) is 0 Å². The maximum absolute atomic E-state index is 12.1. The number of nitrogens with one attached hydrogen (secondary N) is 1. The molecule has 6 nitrogen and oxygen atoms in total. The van der Waals surface area contributed by atoms with E-state index >= 15 is 0 Å². The third-order valence-electron chi connectivity index (χ3n) is 5.83. The summed E-state index contributed by atoms with van der Waals surface area (Å²) in [5.41, 5.74) is 5.32. The molecule has 1 radical (unpaired) electrons. The summed E-state index contributed by atoms with van der Waals surface area (Å²) in [5.74, 6) is -0.111. The smallest absolute Gasteiger partial charge is 0.237 e. The Bertz CT molecular complexity index is 466. The van der Waals surface area contributed by atoms with Crippen molar-refractivity contribution in [2.24, 2.45) is 5.73 Å². The summed E-state index contributed by atoms with van der Waals surface area (Å²) in [6.45, 7) is 5.41. The SMILES string of the molecule is CC(=O)NC1CCCN(CCN2[C@@H]3C[CH]C[C@@]2(C(N)=O)CC3)C1. The summed E-state index contributed by atoms with van der Waals surface area (Å²) < 4.78 is 0. The molecule has 0 aliphatic carbocycles. The van der Waals surface area contributed by atoms with Crippen LogP contribution in [0.4, 0.5) is 0 Å². The van der Waals surface area contributed by atoms with Crippen molar-refractivity contribution in [3.63, 3.8) is 0 Å². The lowest BCUT2D eigenvalue weighted by Gasteiger charge is -2.44. The van der Waals surface area contributed by atoms with Crippen LogP contribution in [0.15, 0.2) is 0 Å². The maximum atomic E-state index is 12.1. The zero-order chi connectivity index (χ0) is 16.4. The third-order valence-corrected chi connectivity index (χ3v) is 5.83. The Hall–Kier alpha value is -1.14. The van der Waals surface area contributed by atoms with Crippen LogP contribution in [0.5, 0.6) is 0 Å². The second-order valence-corrected chi connectivity index (χ2v) is 7.35. The highest BCUT2D eigenvalue weighted by atomic mass is 16.2. The van der Waals surface area contributed by atoms with Crippen LogP contribution < -0.4 is 11.1 Å². The molecule has 3 N–H and O–H groups in total. The third kappa shape index (κ3) is 3.38. The lowest BCUT2D eigenvalue weighted by molar-refractivity contribution is -0.130. The fourth-order valence-corrected chi connectivity index (χ4v) is 4.71. The number of nitrogens with two attached hydrogens (primary N) is 1. The van der Waals surface area contributed by atoms with E-state index in [2.05, 4.69) is 21.5 Å². The van der Waals surface area contributed by atoms with E-state index in [4.69, 9.17) is 5.73 Å². The van der Waals surface area contributed by atoms with Gasteiger partial charge in [-0.2, -0.15) is 0 Å². The summed E-state index contributed by atoms with van der Waals surface area (Å²) in [6, 6.07) is 0.741. The van der Waals surface area contributed by atoms with E-state index < -0.39 is 5.54 Å². The number of fused-ring (bicyclic) bond motifs is 2. The Morgan fingerprint density at radius 1 is 1.35 bits per heavy atom. The molecule has 0 saturated carbocycles. The Labute approximate surface area is 138 Å². The predicted molar refractivity (Wildman–Crippen MR) is 88.5 cm³/mol. The quantitative estimate of drug-likeness (QED) is 0.762. The van der Waals surface area contributed by atoms with Crippen molar-refractivity contribution in [1.82, 2.24) is 15.1 Å². The lowest BCUT2D eigenvalue weighted by atomic mass is 9.87. The van der Waals surface area contributed by atoms with Gasteiger partial charge in [-0.05, 0) is 51.5 Å². The number of amides is 2. The molecule has 0 aromatic carbocycles. The van der Waals surface area contributed by atoms with Crippen LogP contribution in [0, 0.1) is 6.42 Å². The molecule has 3 atom stereocenters. The van der Waals surface area contributed by atoms with E-state index in [1.807, 2.05) is 0 Å². The van der Waals surface area contributed by atoms with Gasteiger partial charge < -0.3 is 16.0 Å². The number of primary amides is 1. The Kier molecular flexibility index (Phi) is 4.92. The van der Waals surface area contributed by atoms with Crippen LogP contribution in [0.25, 0.3) is 0 Å². The first-order valence-electron chi connectivity index (χ1n) is 8.89. The van der Waals surface area contributed by atoms with Gasteiger partial charge in [0.15, 0.2) is 0 Å². The lowest BCUT2D eigenvalue weighted by Crippen LogP contribution is -2.60. The summed E-state index contributed by atoms with van der Waals surface area (Å²) in [6.07, 6.45) is 8.27. The highest BCUT2D eigenvalue weighted by Crippen LogP contribution is 2.43. The molecular formula is C17H29N4O2. The molecular weight excluding hydrogens is 292 g/mol. The molecule has 0 spiro atoms. The van der Waals surface area contributed by atoms with Crippen LogP contribution in [0.2, 0.25) is 0 Å². The average Bonchev–Trinajstić information content (AvgIpc) is 2.70. The summed E-state index contributed by atoms with van der Waals surface area (Å²) >= 11 is 0. The first-order chi connectivity index (χ1) is 11.0. The monoisotopic (exact) mass is 321 g/mol. The van der Waals surface area contributed by atoms with Gasteiger partial charge in [0.2, 0.25) is 11.8 Å². The van der Waals surface area contributed by atoms with Crippen molar-refractivity contribution in [1.29, 1.82) is 0 Å². The molecule has 23 heavy (non-hydrogen) atoms. The molecule has 0 aromatic rings. The van der Waals surface area contributed by atoms with Crippen molar-refractivity contribution in [3.8, 4) is 0 Å². The topological polar surface area (TPSA) is 78.7 Å². The van der Waals surface area contributed by atoms with Gasteiger partial charge in [-0.25, -0.2) is 0 Å². The van der Waals surface area contributed by atoms with Crippen LogP contribution in [-0.2, 0) is 9.59 Å². The van der Waals surface area contributed by atoms with E-state index in [1.165, 1.54) is 0 Å².